The van der Waals surface area contributed by atoms with Crippen LogP contribution in [0.1, 0.15) is 53.0 Å². The van der Waals surface area contributed by atoms with Crippen molar-refractivity contribution in [3.05, 3.63) is 30.1 Å². The number of hydrogen-bond donors (Lipinski definition) is 1. The van der Waals surface area contributed by atoms with Gasteiger partial charge in [0.1, 0.15) is 0 Å². The first-order chi connectivity index (χ1) is 8.93. The molecule has 0 radical (unpaired) electrons. The summed E-state index contributed by atoms with van der Waals surface area (Å²) in [6.45, 7) is 10.6. The lowest BCUT2D eigenvalue weighted by Gasteiger charge is -2.34. The van der Waals surface area contributed by atoms with Gasteiger partial charge in [-0.1, -0.05) is 0 Å². The van der Waals surface area contributed by atoms with Crippen LogP contribution in [0.3, 0.4) is 0 Å². The van der Waals surface area contributed by atoms with Gasteiger partial charge in [0.25, 0.3) is 0 Å². The second-order valence-corrected chi connectivity index (χ2v) is 8.54. The SMILES string of the molecule is CC(C)(C)OP(=O)(OC(C)(C)C)C(O)c1ccncc1. The summed E-state index contributed by atoms with van der Waals surface area (Å²) in [5.74, 6) is -1.34. The Bertz CT molecular complexity index is 456. The van der Waals surface area contributed by atoms with Crippen molar-refractivity contribution in [2.45, 2.75) is 58.6 Å². The summed E-state index contributed by atoms with van der Waals surface area (Å²) in [6, 6.07) is 3.19. The minimum atomic E-state index is -3.75. The Morgan fingerprint density at radius 1 is 1.05 bits per heavy atom. The zero-order valence-electron chi connectivity index (χ0n) is 13.0. The van der Waals surface area contributed by atoms with Crippen LogP contribution in [0.2, 0.25) is 0 Å². The van der Waals surface area contributed by atoms with Crippen LogP contribution in [0.5, 0.6) is 0 Å². The van der Waals surface area contributed by atoms with Gasteiger partial charge in [-0.3, -0.25) is 9.55 Å². The number of nitrogens with zero attached hydrogens (tertiary/aromatic N) is 1. The molecule has 20 heavy (non-hydrogen) atoms. The van der Waals surface area contributed by atoms with Crippen LogP contribution < -0.4 is 0 Å². The Kier molecular flexibility index (Phi) is 5.14. The largest absolute Gasteiger partial charge is 0.376 e. The van der Waals surface area contributed by atoms with Gasteiger partial charge in [0, 0.05) is 12.4 Å². The van der Waals surface area contributed by atoms with E-state index in [0.717, 1.165) is 0 Å². The summed E-state index contributed by atoms with van der Waals surface area (Å²) in [5, 5.41) is 10.4. The van der Waals surface area contributed by atoms with Gasteiger partial charge in [-0.05, 0) is 59.2 Å². The van der Waals surface area contributed by atoms with Gasteiger partial charge < -0.3 is 14.2 Å². The number of pyridine rings is 1. The van der Waals surface area contributed by atoms with Crippen molar-refractivity contribution >= 4 is 7.60 Å². The Balaban J connectivity index is 3.14. The maximum absolute atomic E-state index is 13.0. The number of aliphatic hydroxyl groups is 1. The fraction of sp³-hybridized carbons (Fsp3) is 0.643. The molecule has 0 saturated heterocycles. The minimum Gasteiger partial charge on any atom is -0.376 e. The summed E-state index contributed by atoms with van der Waals surface area (Å²) >= 11 is 0. The molecule has 1 N–H and O–H groups in total. The van der Waals surface area contributed by atoms with E-state index in [0.29, 0.717) is 5.56 Å². The van der Waals surface area contributed by atoms with E-state index in [2.05, 4.69) is 4.98 Å². The van der Waals surface area contributed by atoms with Crippen LogP contribution in [-0.4, -0.2) is 21.3 Å². The summed E-state index contributed by atoms with van der Waals surface area (Å²) in [5.41, 5.74) is -0.944. The normalized spacial score (nSPS) is 15.2. The van der Waals surface area contributed by atoms with Gasteiger partial charge in [0.15, 0.2) is 5.85 Å². The minimum absolute atomic E-state index is 0.455. The molecular formula is C14H24NO4P. The summed E-state index contributed by atoms with van der Waals surface area (Å²) in [4.78, 5) is 3.88. The highest BCUT2D eigenvalue weighted by atomic mass is 31.2. The van der Waals surface area contributed by atoms with Gasteiger partial charge in [-0.15, -0.1) is 0 Å². The molecule has 114 valence electrons. The van der Waals surface area contributed by atoms with Crippen molar-refractivity contribution in [2.24, 2.45) is 0 Å². The lowest BCUT2D eigenvalue weighted by molar-refractivity contribution is 0.0271. The van der Waals surface area contributed by atoms with Crippen molar-refractivity contribution in [1.29, 1.82) is 0 Å². The zero-order chi connectivity index (χ0) is 15.6. The average Bonchev–Trinajstić information content (AvgIpc) is 2.24. The Morgan fingerprint density at radius 2 is 1.45 bits per heavy atom. The average molecular weight is 301 g/mol. The lowest BCUT2D eigenvalue weighted by Crippen LogP contribution is -2.26. The number of hydrogen-bond acceptors (Lipinski definition) is 5. The van der Waals surface area contributed by atoms with Crippen LogP contribution >= 0.6 is 7.60 Å². The van der Waals surface area contributed by atoms with Crippen LogP contribution in [0.4, 0.5) is 0 Å². The predicted molar refractivity (Wildman–Crippen MR) is 78.5 cm³/mol. The second-order valence-electron chi connectivity index (χ2n) is 6.60. The van der Waals surface area contributed by atoms with Crippen molar-refractivity contribution < 1.29 is 18.7 Å². The molecule has 0 bridgehead atoms. The molecule has 0 aliphatic heterocycles. The highest BCUT2D eigenvalue weighted by Crippen LogP contribution is 2.63. The molecule has 0 saturated carbocycles. The molecule has 1 unspecified atom stereocenters. The van der Waals surface area contributed by atoms with Crippen LogP contribution in [0.25, 0.3) is 0 Å². The molecule has 0 aromatic carbocycles. The van der Waals surface area contributed by atoms with Crippen LogP contribution in [0.15, 0.2) is 24.5 Å². The molecular weight excluding hydrogens is 277 g/mol. The first-order valence-electron chi connectivity index (χ1n) is 6.52. The van der Waals surface area contributed by atoms with Crippen molar-refractivity contribution in [3.8, 4) is 0 Å². The number of aromatic nitrogens is 1. The predicted octanol–water partition coefficient (Wildman–Crippen LogP) is 3.90. The van der Waals surface area contributed by atoms with Gasteiger partial charge in [-0.25, -0.2) is 0 Å². The highest BCUT2D eigenvalue weighted by Gasteiger charge is 2.42. The summed E-state index contributed by atoms with van der Waals surface area (Å²) in [6.07, 6.45) is 3.05. The van der Waals surface area contributed by atoms with Gasteiger partial charge in [0.05, 0.1) is 11.2 Å². The standard InChI is InChI=1S/C14H24NO4P/c1-13(2,3)18-20(17,19-14(4,5)6)12(16)11-7-9-15-10-8-11/h7-10,12,16H,1-6H3. The zero-order valence-corrected chi connectivity index (χ0v) is 13.8. The van der Waals surface area contributed by atoms with Gasteiger partial charge in [0.2, 0.25) is 0 Å². The first-order valence-corrected chi connectivity index (χ1v) is 8.13. The molecule has 1 aromatic rings. The molecule has 0 amide bonds. The number of rotatable bonds is 4. The molecule has 0 spiro atoms. The smallest absolute Gasteiger partial charge is 0.364 e. The fourth-order valence-corrected chi connectivity index (χ4v) is 3.90. The third-order valence-electron chi connectivity index (χ3n) is 2.11. The van der Waals surface area contributed by atoms with Crippen molar-refractivity contribution in [2.75, 3.05) is 0 Å². The summed E-state index contributed by atoms with van der Waals surface area (Å²) < 4.78 is 24.2. The monoisotopic (exact) mass is 301 g/mol. The topological polar surface area (TPSA) is 68.7 Å². The molecule has 1 aromatic heterocycles. The van der Waals surface area contributed by atoms with E-state index in [4.69, 9.17) is 9.05 Å². The highest BCUT2D eigenvalue weighted by molar-refractivity contribution is 7.54. The summed E-state index contributed by atoms with van der Waals surface area (Å²) in [7, 11) is -3.75. The third kappa shape index (κ3) is 5.33. The van der Waals surface area contributed by atoms with E-state index < -0.39 is 24.6 Å². The maximum atomic E-state index is 13.0. The van der Waals surface area contributed by atoms with Crippen LogP contribution in [0, 0.1) is 0 Å². The molecule has 1 rings (SSSR count). The lowest BCUT2D eigenvalue weighted by atomic mass is 10.2. The third-order valence-corrected chi connectivity index (χ3v) is 4.61. The quantitative estimate of drug-likeness (QED) is 0.854. The van der Waals surface area contributed by atoms with E-state index >= 15 is 0 Å². The Morgan fingerprint density at radius 3 is 1.80 bits per heavy atom. The molecule has 6 heteroatoms. The van der Waals surface area contributed by atoms with Crippen molar-refractivity contribution in [3.63, 3.8) is 0 Å². The Labute approximate surface area is 120 Å². The van der Waals surface area contributed by atoms with Gasteiger partial charge >= 0.3 is 7.60 Å². The van der Waals surface area contributed by atoms with E-state index in [1.807, 2.05) is 0 Å². The fourth-order valence-electron chi connectivity index (χ4n) is 1.60. The maximum Gasteiger partial charge on any atom is 0.364 e. The first kappa shape index (κ1) is 17.3. The van der Waals surface area contributed by atoms with E-state index in [-0.39, 0.29) is 0 Å². The molecule has 5 nitrogen and oxygen atoms in total. The van der Waals surface area contributed by atoms with E-state index in [1.165, 1.54) is 12.4 Å². The molecule has 1 atom stereocenters. The van der Waals surface area contributed by atoms with Crippen molar-refractivity contribution in [1.82, 2.24) is 4.98 Å². The van der Waals surface area contributed by atoms with Crippen LogP contribution in [-0.2, 0) is 13.6 Å². The molecule has 0 aliphatic carbocycles. The van der Waals surface area contributed by atoms with Gasteiger partial charge in [-0.2, -0.15) is 0 Å². The molecule has 1 heterocycles. The number of aliphatic hydroxyl groups excluding tert-OH is 1. The molecule has 0 fully saturated rings. The van der Waals surface area contributed by atoms with E-state index in [9.17, 15) is 9.67 Å². The second kappa shape index (κ2) is 5.94. The Hall–Kier alpha value is -0.740. The molecule has 0 aliphatic rings. The van der Waals surface area contributed by atoms with E-state index in [1.54, 1.807) is 53.7 Å².